The van der Waals surface area contributed by atoms with Crippen molar-refractivity contribution in [3.05, 3.63) is 22.2 Å². The molecule has 0 bridgehead atoms. The number of benzene rings is 1. The normalized spacial score (nSPS) is 9.75. The van der Waals surface area contributed by atoms with Gasteiger partial charge in [0.15, 0.2) is 0 Å². The molecule has 0 amide bonds. The Morgan fingerprint density at radius 2 is 1.75 bits per heavy atom. The molecule has 1 aromatic carbocycles. The lowest BCUT2D eigenvalue weighted by molar-refractivity contribution is 0.0699. The fourth-order valence-electron chi connectivity index (χ4n) is 0.897. The van der Waals surface area contributed by atoms with Crippen LogP contribution in [-0.2, 0) is 0 Å². The molecule has 1 rings (SSSR count). The highest BCUT2D eigenvalue weighted by atomic mass is 79.9. The Morgan fingerprint density at radius 1 is 1.33 bits per heavy atom. The topological polar surface area (TPSA) is 89.3 Å². The molecule has 0 aliphatic carbocycles. The standard InChI is InChI=1S/C7H7BrN2O2/c8-3-1-4(9)6(7(11)12)5(10)2-3/h1-2H,9-10H2,(H,11,12). The van der Waals surface area contributed by atoms with Crippen molar-refractivity contribution in [3.8, 4) is 0 Å². The first-order chi connectivity index (χ1) is 5.52. The number of nitrogens with two attached hydrogens (primary N) is 2. The lowest BCUT2D eigenvalue weighted by atomic mass is 10.1. The van der Waals surface area contributed by atoms with Gasteiger partial charge in [0.25, 0.3) is 0 Å². The maximum absolute atomic E-state index is 10.6. The SMILES string of the molecule is Nc1cc(Br)cc(N)c1C(=O)O. The molecule has 0 aromatic heterocycles. The molecule has 0 fully saturated rings. The van der Waals surface area contributed by atoms with Crippen LogP contribution in [0.4, 0.5) is 11.4 Å². The highest BCUT2D eigenvalue weighted by molar-refractivity contribution is 9.10. The van der Waals surface area contributed by atoms with E-state index < -0.39 is 5.97 Å². The second kappa shape index (κ2) is 3.02. The summed E-state index contributed by atoms with van der Waals surface area (Å²) in [6.07, 6.45) is 0. The van der Waals surface area contributed by atoms with Crippen LogP contribution in [-0.4, -0.2) is 11.1 Å². The minimum absolute atomic E-state index is 0.0433. The highest BCUT2D eigenvalue weighted by Crippen LogP contribution is 2.24. The molecule has 0 atom stereocenters. The zero-order chi connectivity index (χ0) is 9.30. The van der Waals surface area contributed by atoms with Gasteiger partial charge in [-0.05, 0) is 12.1 Å². The molecular formula is C7H7BrN2O2. The minimum atomic E-state index is -1.11. The summed E-state index contributed by atoms with van der Waals surface area (Å²) in [6.45, 7) is 0. The predicted octanol–water partition coefficient (Wildman–Crippen LogP) is 1.31. The number of hydrogen-bond acceptors (Lipinski definition) is 3. The number of carboxylic acid groups (broad SMARTS) is 1. The van der Waals surface area contributed by atoms with E-state index in [2.05, 4.69) is 15.9 Å². The van der Waals surface area contributed by atoms with Crippen molar-refractivity contribution in [2.75, 3.05) is 11.5 Å². The van der Waals surface area contributed by atoms with Crippen LogP contribution in [0.5, 0.6) is 0 Å². The Hall–Kier alpha value is -1.23. The van der Waals surface area contributed by atoms with Gasteiger partial charge in [0.1, 0.15) is 5.56 Å². The molecule has 0 aliphatic heterocycles. The van der Waals surface area contributed by atoms with Crippen LogP contribution in [0.3, 0.4) is 0 Å². The van der Waals surface area contributed by atoms with Crippen molar-refractivity contribution in [2.45, 2.75) is 0 Å². The smallest absolute Gasteiger partial charge is 0.339 e. The maximum atomic E-state index is 10.6. The van der Waals surface area contributed by atoms with Crippen LogP contribution in [0.1, 0.15) is 10.4 Å². The molecule has 0 unspecified atom stereocenters. The van der Waals surface area contributed by atoms with Gasteiger partial charge in [-0.1, -0.05) is 15.9 Å². The van der Waals surface area contributed by atoms with E-state index in [0.717, 1.165) is 0 Å². The quantitative estimate of drug-likeness (QED) is 0.635. The predicted molar refractivity (Wildman–Crippen MR) is 49.9 cm³/mol. The maximum Gasteiger partial charge on any atom is 0.339 e. The van der Waals surface area contributed by atoms with Gasteiger partial charge in [0.2, 0.25) is 0 Å². The summed E-state index contributed by atoms with van der Waals surface area (Å²) >= 11 is 3.14. The molecule has 5 N–H and O–H groups in total. The lowest BCUT2D eigenvalue weighted by Gasteiger charge is -2.04. The van der Waals surface area contributed by atoms with Crippen LogP contribution in [0.2, 0.25) is 0 Å². The van der Waals surface area contributed by atoms with E-state index in [4.69, 9.17) is 16.6 Å². The number of hydrogen-bond donors (Lipinski definition) is 3. The summed E-state index contributed by atoms with van der Waals surface area (Å²) in [4.78, 5) is 10.6. The third-order valence-electron chi connectivity index (χ3n) is 1.38. The number of carbonyl (C=O) groups is 1. The molecule has 0 saturated heterocycles. The second-order valence-corrected chi connectivity index (χ2v) is 3.18. The van der Waals surface area contributed by atoms with Crippen molar-refractivity contribution < 1.29 is 9.90 Å². The molecule has 12 heavy (non-hydrogen) atoms. The molecule has 0 spiro atoms. The Labute approximate surface area is 77.3 Å². The monoisotopic (exact) mass is 230 g/mol. The van der Waals surface area contributed by atoms with Crippen LogP contribution >= 0.6 is 15.9 Å². The van der Waals surface area contributed by atoms with Crippen molar-refractivity contribution in [1.29, 1.82) is 0 Å². The van der Waals surface area contributed by atoms with Crippen molar-refractivity contribution in [2.24, 2.45) is 0 Å². The van der Waals surface area contributed by atoms with E-state index in [1.54, 1.807) is 0 Å². The Kier molecular flexibility index (Phi) is 2.23. The first-order valence-electron chi connectivity index (χ1n) is 3.10. The molecule has 1 aromatic rings. The summed E-state index contributed by atoms with van der Waals surface area (Å²) in [5, 5.41) is 8.66. The zero-order valence-corrected chi connectivity index (χ0v) is 7.63. The summed E-state index contributed by atoms with van der Waals surface area (Å²) < 4.78 is 0.669. The summed E-state index contributed by atoms with van der Waals surface area (Å²) in [5.41, 5.74) is 11.1. The van der Waals surface area contributed by atoms with Crippen LogP contribution in [0, 0.1) is 0 Å². The molecule has 0 saturated carbocycles. The van der Waals surface area contributed by atoms with E-state index >= 15 is 0 Å². The third-order valence-corrected chi connectivity index (χ3v) is 1.84. The van der Waals surface area contributed by atoms with Gasteiger partial charge in [-0.25, -0.2) is 4.79 Å². The number of rotatable bonds is 1. The number of carboxylic acids is 1. The molecule has 4 nitrogen and oxygen atoms in total. The second-order valence-electron chi connectivity index (χ2n) is 2.26. The van der Waals surface area contributed by atoms with Crippen LogP contribution in [0.15, 0.2) is 16.6 Å². The van der Waals surface area contributed by atoms with E-state index in [1.807, 2.05) is 0 Å². The minimum Gasteiger partial charge on any atom is -0.478 e. The van der Waals surface area contributed by atoms with Gasteiger partial charge >= 0.3 is 5.97 Å². The van der Waals surface area contributed by atoms with Crippen LogP contribution < -0.4 is 11.5 Å². The number of nitrogen functional groups attached to an aromatic ring is 2. The zero-order valence-electron chi connectivity index (χ0n) is 6.04. The van der Waals surface area contributed by atoms with E-state index in [9.17, 15) is 4.79 Å². The average molecular weight is 231 g/mol. The molecule has 64 valence electrons. The van der Waals surface area contributed by atoms with Crippen molar-refractivity contribution >= 4 is 33.3 Å². The molecule has 0 aliphatic rings. The highest BCUT2D eigenvalue weighted by Gasteiger charge is 2.12. The molecule has 0 heterocycles. The average Bonchev–Trinajstić information content (AvgIpc) is 1.82. The molecule has 0 radical (unpaired) electrons. The Bertz CT molecular complexity index is 315. The van der Waals surface area contributed by atoms with Gasteiger partial charge in [-0.3, -0.25) is 0 Å². The summed E-state index contributed by atoms with van der Waals surface area (Å²) in [7, 11) is 0. The first-order valence-corrected chi connectivity index (χ1v) is 3.89. The van der Waals surface area contributed by atoms with Gasteiger partial charge in [-0.2, -0.15) is 0 Å². The number of aromatic carboxylic acids is 1. The first kappa shape index (κ1) is 8.86. The lowest BCUT2D eigenvalue weighted by Crippen LogP contribution is -2.06. The van der Waals surface area contributed by atoms with Gasteiger partial charge in [0, 0.05) is 15.8 Å². The summed E-state index contributed by atoms with van der Waals surface area (Å²) in [6, 6.07) is 3.00. The van der Waals surface area contributed by atoms with E-state index in [-0.39, 0.29) is 16.9 Å². The van der Waals surface area contributed by atoms with E-state index in [0.29, 0.717) is 4.47 Å². The molecular weight excluding hydrogens is 224 g/mol. The molecule has 5 heteroatoms. The third kappa shape index (κ3) is 1.50. The Balaban J connectivity index is 3.38. The largest absolute Gasteiger partial charge is 0.478 e. The van der Waals surface area contributed by atoms with Gasteiger partial charge in [0.05, 0.1) is 0 Å². The van der Waals surface area contributed by atoms with Gasteiger partial charge in [-0.15, -0.1) is 0 Å². The van der Waals surface area contributed by atoms with Crippen molar-refractivity contribution in [3.63, 3.8) is 0 Å². The fourth-order valence-corrected chi connectivity index (χ4v) is 1.39. The number of halogens is 1. The fraction of sp³-hybridized carbons (Fsp3) is 0. The van der Waals surface area contributed by atoms with E-state index in [1.165, 1.54) is 12.1 Å². The Morgan fingerprint density at radius 3 is 2.08 bits per heavy atom. The number of anilines is 2. The van der Waals surface area contributed by atoms with Crippen LogP contribution in [0.25, 0.3) is 0 Å². The van der Waals surface area contributed by atoms with Crippen molar-refractivity contribution in [1.82, 2.24) is 0 Å². The summed E-state index contributed by atoms with van der Waals surface area (Å²) in [5.74, 6) is -1.11. The van der Waals surface area contributed by atoms with Gasteiger partial charge < -0.3 is 16.6 Å².